The molecule has 0 spiro atoms. The predicted molar refractivity (Wildman–Crippen MR) is 95.2 cm³/mol. The zero-order valence-corrected chi connectivity index (χ0v) is 15.0. The van der Waals surface area contributed by atoms with Gasteiger partial charge in [0, 0.05) is 24.6 Å². The molecule has 2 aliphatic rings. The average molecular weight is 371 g/mol. The van der Waals surface area contributed by atoms with Crippen molar-refractivity contribution >= 4 is 5.91 Å². The molecule has 1 amide bonds. The van der Waals surface area contributed by atoms with Crippen LogP contribution in [-0.2, 0) is 27.3 Å². The third-order valence-electron chi connectivity index (χ3n) is 5.16. The number of pyridine rings is 2. The first-order valence-electron chi connectivity index (χ1n) is 9.23. The smallest absolute Gasteiger partial charge is 0.229 e. The summed E-state index contributed by atoms with van der Waals surface area (Å²) in [6.07, 6.45) is 6.38. The summed E-state index contributed by atoms with van der Waals surface area (Å²) in [5.74, 6) is -0.433. The van der Waals surface area contributed by atoms with Gasteiger partial charge in [-0.1, -0.05) is 6.07 Å². The zero-order chi connectivity index (χ0) is 18.6. The van der Waals surface area contributed by atoms with Crippen LogP contribution < -0.4 is 0 Å². The number of hydrogen-bond acceptors (Lipinski definition) is 5. The van der Waals surface area contributed by atoms with Crippen LogP contribution in [0.2, 0.25) is 0 Å². The number of carbonyl (C=O) groups is 1. The van der Waals surface area contributed by atoms with Crippen molar-refractivity contribution in [3.8, 4) is 0 Å². The highest BCUT2D eigenvalue weighted by molar-refractivity contribution is 5.78. The lowest BCUT2D eigenvalue weighted by Crippen LogP contribution is -2.47. The average Bonchev–Trinajstić information content (AvgIpc) is 2.97. The van der Waals surface area contributed by atoms with Crippen molar-refractivity contribution in [2.24, 2.45) is 0 Å². The summed E-state index contributed by atoms with van der Waals surface area (Å²) in [6, 6.07) is 6.71. The molecule has 6 nitrogen and oxygen atoms in total. The molecule has 3 heterocycles. The van der Waals surface area contributed by atoms with Gasteiger partial charge in [0.05, 0.1) is 38.0 Å². The van der Waals surface area contributed by atoms with Gasteiger partial charge in [0.25, 0.3) is 0 Å². The first kappa shape index (κ1) is 18.0. The largest absolute Gasteiger partial charge is 0.374 e. The highest BCUT2D eigenvalue weighted by Crippen LogP contribution is 2.33. The minimum absolute atomic E-state index is 0.00779. The van der Waals surface area contributed by atoms with Gasteiger partial charge in [0.15, 0.2) is 0 Å². The van der Waals surface area contributed by atoms with Crippen LogP contribution in [0.5, 0.6) is 0 Å². The van der Waals surface area contributed by atoms with E-state index in [1.165, 1.54) is 6.07 Å². The van der Waals surface area contributed by atoms with Crippen LogP contribution in [0.15, 0.2) is 42.9 Å². The Morgan fingerprint density at radius 1 is 1.30 bits per heavy atom. The van der Waals surface area contributed by atoms with E-state index in [1.54, 1.807) is 18.5 Å². The molecule has 0 radical (unpaired) electrons. The number of carbonyl (C=O) groups excluding carboxylic acids is 1. The second-order valence-corrected chi connectivity index (χ2v) is 6.92. The summed E-state index contributed by atoms with van der Waals surface area (Å²) in [6.45, 7) is 1.47. The Labute approximate surface area is 157 Å². The number of fused-ring (bicyclic) bond motifs is 2. The fourth-order valence-corrected chi connectivity index (χ4v) is 3.86. The molecule has 7 heteroatoms. The number of rotatable bonds is 5. The van der Waals surface area contributed by atoms with E-state index in [0.29, 0.717) is 25.5 Å². The fraction of sp³-hybridized carbons (Fsp3) is 0.450. The summed E-state index contributed by atoms with van der Waals surface area (Å²) >= 11 is 0. The number of halogens is 1. The Hall–Kier alpha value is -2.38. The predicted octanol–water partition coefficient (Wildman–Crippen LogP) is 2.13. The molecular formula is C20H22FN3O3. The van der Waals surface area contributed by atoms with E-state index in [1.807, 2.05) is 17.0 Å². The first-order valence-corrected chi connectivity index (χ1v) is 9.23. The summed E-state index contributed by atoms with van der Waals surface area (Å²) in [7, 11) is 0. The second-order valence-electron chi connectivity index (χ2n) is 6.92. The van der Waals surface area contributed by atoms with Gasteiger partial charge in [0.2, 0.25) is 5.91 Å². The van der Waals surface area contributed by atoms with E-state index in [-0.39, 0.29) is 30.6 Å². The Morgan fingerprint density at radius 3 is 3.00 bits per heavy atom. The molecular weight excluding hydrogens is 349 g/mol. The molecule has 1 saturated heterocycles. The van der Waals surface area contributed by atoms with Gasteiger partial charge in [-0.2, -0.15) is 0 Å². The standard InChI is InChI=1S/C20H22FN3O3/c21-15-3-4-16(23-12-15)10-19(25)24-8-9-26-18-6-5-17(24)20(18)27-13-14-2-1-7-22-11-14/h1-4,7,11-12,17-18,20H,5-6,8-10,13H2/t17-,18-,20-/m0/s1. The van der Waals surface area contributed by atoms with Crippen LogP contribution in [0, 0.1) is 5.82 Å². The number of hydrogen-bond donors (Lipinski definition) is 0. The van der Waals surface area contributed by atoms with Crippen LogP contribution in [0.25, 0.3) is 0 Å². The van der Waals surface area contributed by atoms with E-state index < -0.39 is 5.82 Å². The highest BCUT2D eigenvalue weighted by atomic mass is 19.1. The van der Waals surface area contributed by atoms with Crippen molar-refractivity contribution < 1.29 is 18.7 Å². The molecule has 1 aliphatic carbocycles. The SMILES string of the molecule is O=C(Cc1ccc(F)cn1)N1CCO[C@H]2CC[C@H]1[C@@H]2OCc1cccnc1. The maximum absolute atomic E-state index is 13.0. The van der Waals surface area contributed by atoms with Gasteiger partial charge in [0.1, 0.15) is 11.9 Å². The van der Waals surface area contributed by atoms with Gasteiger partial charge in [-0.25, -0.2) is 4.39 Å². The third-order valence-corrected chi connectivity index (χ3v) is 5.16. The van der Waals surface area contributed by atoms with Crippen molar-refractivity contribution in [2.75, 3.05) is 13.2 Å². The minimum Gasteiger partial charge on any atom is -0.374 e. The maximum Gasteiger partial charge on any atom is 0.229 e. The molecule has 27 heavy (non-hydrogen) atoms. The number of nitrogens with zero attached hydrogens (tertiary/aromatic N) is 3. The van der Waals surface area contributed by atoms with Crippen molar-refractivity contribution in [1.29, 1.82) is 0 Å². The molecule has 142 valence electrons. The molecule has 0 aromatic carbocycles. The zero-order valence-electron chi connectivity index (χ0n) is 15.0. The molecule has 3 atom stereocenters. The van der Waals surface area contributed by atoms with Crippen molar-refractivity contribution in [1.82, 2.24) is 14.9 Å². The molecule has 1 saturated carbocycles. The Morgan fingerprint density at radius 2 is 2.22 bits per heavy atom. The van der Waals surface area contributed by atoms with Gasteiger partial charge >= 0.3 is 0 Å². The Balaban J connectivity index is 1.44. The summed E-state index contributed by atoms with van der Waals surface area (Å²) in [5, 5.41) is 0. The van der Waals surface area contributed by atoms with Crippen LogP contribution in [0.3, 0.4) is 0 Å². The summed E-state index contributed by atoms with van der Waals surface area (Å²) in [5.41, 5.74) is 1.56. The van der Waals surface area contributed by atoms with Crippen molar-refractivity contribution in [3.63, 3.8) is 0 Å². The lowest BCUT2D eigenvalue weighted by atomic mass is 10.1. The Kier molecular flexibility index (Phi) is 5.40. The number of ether oxygens (including phenoxy) is 2. The van der Waals surface area contributed by atoms with E-state index in [0.717, 1.165) is 24.6 Å². The van der Waals surface area contributed by atoms with Crippen LogP contribution in [-0.4, -0.2) is 52.2 Å². The van der Waals surface area contributed by atoms with Crippen molar-refractivity contribution in [2.45, 2.75) is 44.1 Å². The molecule has 4 rings (SSSR count). The fourth-order valence-electron chi connectivity index (χ4n) is 3.86. The Bertz CT molecular complexity index is 772. The quantitative estimate of drug-likeness (QED) is 0.806. The van der Waals surface area contributed by atoms with Gasteiger partial charge < -0.3 is 14.4 Å². The van der Waals surface area contributed by atoms with Crippen LogP contribution in [0.1, 0.15) is 24.1 Å². The van der Waals surface area contributed by atoms with Gasteiger partial charge in [-0.15, -0.1) is 0 Å². The molecule has 2 aromatic heterocycles. The summed E-state index contributed by atoms with van der Waals surface area (Å²) in [4.78, 5) is 22.8. The number of amides is 1. The van der Waals surface area contributed by atoms with Gasteiger partial charge in [-0.3, -0.25) is 14.8 Å². The van der Waals surface area contributed by atoms with E-state index >= 15 is 0 Å². The minimum atomic E-state index is -0.406. The van der Waals surface area contributed by atoms with Gasteiger partial charge in [-0.05, 0) is 36.6 Å². The van der Waals surface area contributed by atoms with Crippen LogP contribution >= 0.6 is 0 Å². The maximum atomic E-state index is 13.0. The lowest BCUT2D eigenvalue weighted by Gasteiger charge is -2.31. The third kappa shape index (κ3) is 4.14. The second kappa shape index (κ2) is 8.10. The molecule has 2 bridgehead atoms. The molecule has 2 fully saturated rings. The molecule has 0 unspecified atom stereocenters. The molecule has 1 aliphatic heterocycles. The molecule has 0 N–H and O–H groups in total. The highest BCUT2D eigenvalue weighted by Gasteiger charge is 2.44. The van der Waals surface area contributed by atoms with E-state index in [9.17, 15) is 9.18 Å². The normalized spacial score (nSPS) is 24.6. The topological polar surface area (TPSA) is 64.6 Å². The van der Waals surface area contributed by atoms with Crippen LogP contribution in [0.4, 0.5) is 4.39 Å². The van der Waals surface area contributed by atoms with E-state index in [2.05, 4.69) is 9.97 Å². The van der Waals surface area contributed by atoms with E-state index in [4.69, 9.17) is 9.47 Å². The molecule has 2 aromatic rings. The monoisotopic (exact) mass is 371 g/mol. The van der Waals surface area contributed by atoms with Crippen molar-refractivity contribution in [3.05, 3.63) is 59.9 Å². The summed E-state index contributed by atoms with van der Waals surface area (Å²) < 4.78 is 25.1. The lowest BCUT2D eigenvalue weighted by molar-refractivity contribution is -0.135. The first-order chi connectivity index (χ1) is 13.2. The number of aromatic nitrogens is 2.